The fourth-order valence-corrected chi connectivity index (χ4v) is 4.90. The average molecular weight is 384 g/mol. The van der Waals surface area contributed by atoms with Crippen LogP contribution in [0.2, 0.25) is 9.86 Å². The Morgan fingerprint density at radius 2 is 2.23 bits per heavy atom. The van der Waals surface area contributed by atoms with Gasteiger partial charge in [-0.05, 0) is 0 Å². The van der Waals surface area contributed by atoms with Crippen molar-refractivity contribution in [3.05, 3.63) is 29.8 Å². The fourth-order valence-electron chi connectivity index (χ4n) is 2.02. The number of hydrogen-bond acceptors (Lipinski definition) is 4. The second kappa shape index (κ2) is 7.79. The molecule has 0 saturated heterocycles. The Morgan fingerprint density at radius 1 is 1.45 bits per heavy atom. The number of rotatable bonds is 6. The van der Waals surface area contributed by atoms with E-state index in [4.69, 9.17) is 16.3 Å². The van der Waals surface area contributed by atoms with Crippen molar-refractivity contribution in [3.63, 3.8) is 0 Å². The van der Waals surface area contributed by atoms with Crippen LogP contribution in [0.4, 0.5) is 0 Å². The summed E-state index contributed by atoms with van der Waals surface area (Å²) in [6.07, 6.45) is 5.38. The van der Waals surface area contributed by atoms with E-state index >= 15 is 0 Å². The Labute approximate surface area is 141 Å². The molecule has 0 N–H and O–H groups in total. The van der Waals surface area contributed by atoms with Crippen LogP contribution in [0.25, 0.3) is 11.1 Å². The third-order valence-corrected chi connectivity index (χ3v) is 5.79. The van der Waals surface area contributed by atoms with E-state index in [0.29, 0.717) is 16.5 Å². The van der Waals surface area contributed by atoms with E-state index < -0.39 is 0 Å². The van der Waals surface area contributed by atoms with Crippen LogP contribution in [0, 0.1) is 0 Å². The molecule has 0 spiro atoms. The van der Waals surface area contributed by atoms with Crippen molar-refractivity contribution < 1.29 is 9.53 Å². The van der Waals surface area contributed by atoms with Crippen LogP contribution >= 0.6 is 11.6 Å². The Kier molecular flexibility index (Phi) is 6.04. The SMILES string of the molecule is CCOC(=O)Cn1cc(-c2cnc(Cl)cc2[AsH]C(C)C)cn1. The molecule has 1 unspecified atom stereocenters. The molecule has 118 valence electrons. The minimum absolute atomic E-state index is 0.116. The monoisotopic (exact) mass is 383 g/mol. The molecule has 0 aliphatic carbocycles. The van der Waals surface area contributed by atoms with Crippen LogP contribution in [-0.2, 0) is 16.1 Å². The Balaban J connectivity index is 2.25. The van der Waals surface area contributed by atoms with Gasteiger partial charge in [0.15, 0.2) is 0 Å². The quantitative estimate of drug-likeness (QED) is 0.435. The van der Waals surface area contributed by atoms with Gasteiger partial charge in [-0.25, -0.2) is 0 Å². The zero-order valence-electron chi connectivity index (χ0n) is 12.8. The predicted molar refractivity (Wildman–Crippen MR) is 89.0 cm³/mol. The maximum atomic E-state index is 11.5. The zero-order chi connectivity index (χ0) is 16.1. The van der Waals surface area contributed by atoms with Crippen molar-refractivity contribution in [1.82, 2.24) is 14.8 Å². The fraction of sp³-hybridized carbons (Fsp3) is 0.400. The number of nitrogens with zero attached hydrogens (tertiary/aromatic N) is 3. The molecule has 0 fully saturated rings. The van der Waals surface area contributed by atoms with Crippen LogP contribution in [0.5, 0.6) is 0 Å². The van der Waals surface area contributed by atoms with E-state index in [1.54, 1.807) is 24.0 Å². The molecule has 1 atom stereocenters. The molecule has 2 aromatic heterocycles. The van der Waals surface area contributed by atoms with Gasteiger partial charge in [0.1, 0.15) is 0 Å². The standard InChI is InChI=1S/C15H19AsClN3O2/c1-4-22-15(21)9-20-8-11(6-19-20)12-7-18-14(17)5-13(12)16-10(2)3/h5-8,10,16H,4,9H2,1-3H3. The molecule has 2 rings (SSSR count). The third kappa shape index (κ3) is 4.59. The molecule has 2 heterocycles. The summed E-state index contributed by atoms with van der Waals surface area (Å²) in [5.74, 6) is -0.290. The van der Waals surface area contributed by atoms with Gasteiger partial charge in [0, 0.05) is 0 Å². The minimum atomic E-state index is -0.310. The first kappa shape index (κ1) is 17.0. The molecule has 0 aliphatic heterocycles. The first-order chi connectivity index (χ1) is 10.5. The number of halogens is 1. The normalized spacial score (nSPS) is 11.5. The molecule has 0 saturated carbocycles. The Morgan fingerprint density at radius 3 is 2.91 bits per heavy atom. The van der Waals surface area contributed by atoms with Gasteiger partial charge in [0.25, 0.3) is 0 Å². The number of esters is 1. The summed E-state index contributed by atoms with van der Waals surface area (Å²) in [6, 6.07) is 1.94. The summed E-state index contributed by atoms with van der Waals surface area (Å²) < 4.78 is 8.40. The average Bonchev–Trinajstić information content (AvgIpc) is 2.86. The summed E-state index contributed by atoms with van der Waals surface area (Å²) in [5.41, 5.74) is 2.00. The molecular formula is C15H19AsClN3O2. The van der Waals surface area contributed by atoms with Crippen molar-refractivity contribution in [2.24, 2.45) is 0 Å². The zero-order valence-corrected chi connectivity index (χ0v) is 15.7. The molecule has 0 radical (unpaired) electrons. The summed E-state index contributed by atoms with van der Waals surface area (Å²) in [4.78, 5) is 15.7. The summed E-state index contributed by atoms with van der Waals surface area (Å²) in [5, 5.41) is 4.74. The van der Waals surface area contributed by atoms with E-state index in [9.17, 15) is 4.79 Å². The topological polar surface area (TPSA) is 57.0 Å². The van der Waals surface area contributed by atoms with Gasteiger partial charge in [0.2, 0.25) is 0 Å². The molecule has 0 bridgehead atoms. The summed E-state index contributed by atoms with van der Waals surface area (Å²) in [6.45, 7) is 6.70. The van der Waals surface area contributed by atoms with Crippen molar-refractivity contribution in [2.45, 2.75) is 32.0 Å². The van der Waals surface area contributed by atoms with Crippen LogP contribution < -0.4 is 4.35 Å². The van der Waals surface area contributed by atoms with Crippen molar-refractivity contribution in [1.29, 1.82) is 0 Å². The Bertz CT molecular complexity index is 658. The van der Waals surface area contributed by atoms with Gasteiger partial charge in [-0.1, -0.05) is 0 Å². The maximum absolute atomic E-state index is 11.5. The van der Waals surface area contributed by atoms with E-state index in [1.165, 1.54) is 4.35 Å². The van der Waals surface area contributed by atoms with Gasteiger partial charge >= 0.3 is 142 Å². The van der Waals surface area contributed by atoms with Gasteiger partial charge < -0.3 is 0 Å². The summed E-state index contributed by atoms with van der Waals surface area (Å²) in [7, 11) is 0. The van der Waals surface area contributed by atoms with Crippen LogP contribution in [-0.4, -0.2) is 43.1 Å². The van der Waals surface area contributed by atoms with E-state index in [0.717, 1.165) is 11.1 Å². The number of aromatic nitrogens is 3. The van der Waals surface area contributed by atoms with E-state index in [1.807, 2.05) is 12.3 Å². The van der Waals surface area contributed by atoms with Crippen molar-refractivity contribution in [2.75, 3.05) is 6.61 Å². The van der Waals surface area contributed by atoms with Crippen LogP contribution in [0.3, 0.4) is 0 Å². The van der Waals surface area contributed by atoms with Gasteiger partial charge in [-0.3, -0.25) is 0 Å². The second-order valence-electron chi connectivity index (χ2n) is 5.08. The predicted octanol–water partition coefficient (Wildman–Crippen LogP) is 2.05. The van der Waals surface area contributed by atoms with Crippen molar-refractivity contribution >= 4 is 37.7 Å². The van der Waals surface area contributed by atoms with Crippen LogP contribution in [0.1, 0.15) is 20.8 Å². The van der Waals surface area contributed by atoms with E-state index in [2.05, 4.69) is 23.9 Å². The van der Waals surface area contributed by atoms with Crippen molar-refractivity contribution in [3.8, 4) is 11.1 Å². The van der Waals surface area contributed by atoms with Crippen LogP contribution in [0.15, 0.2) is 24.7 Å². The third-order valence-electron chi connectivity index (χ3n) is 2.86. The van der Waals surface area contributed by atoms with E-state index in [-0.39, 0.29) is 28.3 Å². The molecule has 2 aromatic rings. The number of ether oxygens (including phenoxy) is 1. The summed E-state index contributed by atoms with van der Waals surface area (Å²) >= 11 is 5.71. The molecule has 0 amide bonds. The molecule has 7 heteroatoms. The number of carbonyl (C=O) groups is 1. The molecular weight excluding hydrogens is 365 g/mol. The number of carbonyl (C=O) groups excluding carboxylic acids is 1. The number of hydrogen-bond donors (Lipinski definition) is 0. The first-order valence-corrected chi connectivity index (χ1v) is 9.74. The second-order valence-corrected chi connectivity index (χ2v) is 9.63. The number of pyridine rings is 1. The molecule has 22 heavy (non-hydrogen) atoms. The van der Waals surface area contributed by atoms with Gasteiger partial charge in [0.05, 0.1) is 0 Å². The molecule has 0 aliphatic rings. The first-order valence-electron chi connectivity index (χ1n) is 7.10. The Hall–Kier alpha value is -1.32. The van der Waals surface area contributed by atoms with Gasteiger partial charge in [-0.2, -0.15) is 0 Å². The molecule has 0 aromatic carbocycles. The molecule has 5 nitrogen and oxygen atoms in total. The van der Waals surface area contributed by atoms with Gasteiger partial charge in [-0.15, -0.1) is 0 Å².